The molecular formula is C14H14FN3O. The van der Waals surface area contributed by atoms with Crippen molar-refractivity contribution in [3.05, 3.63) is 59.7 Å². The predicted octanol–water partition coefficient (Wildman–Crippen LogP) is 2.19. The molecule has 0 saturated heterocycles. The zero-order valence-corrected chi connectivity index (χ0v) is 10.5. The Morgan fingerprint density at radius 1 is 1.32 bits per heavy atom. The number of pyridine rings is 1. The number of nitrogens with one attached hydrogen (secondary N) is 2. The summed E-state index contributed by atoms with van der Waals surface area (Å²) < 4.78 is 13.5. The van der Waals surface area contributed by atoms with Gasteiger partial charge in [-0.15, -0.1) is 0 Å². The number of carbonyl (C=O) groups excluding carboxylic acids is 1. The number of aromatic nitrogens is 1. The van der Waals surface area contributed by atoms with E-state index in [1.54, 1.807) is 6.07 Å². The fourth-order valence-electron chi connectivity index (χ4n) is 1.74. The molecule has 0 saturated carbocycles. The Balaban J connectivity index is 2.22. The second kappa shape index (κ2) is 6.06. The third-order valence-electron chi connectivity index (χ3n) is 2.65. The Bertz CT molecular complexity index is 586. The Morgan fingerprint density at radius 3 is 2.84 bits per heavy atom. The molecule has 0 spiro atoms. The van der Waals surface area contributed by atoms with Crippen LogP contribution in [0.15, 0.2) is 42.7 Å². The number of benzene rings is 1. The molecular weight excluding hydrogens is 245 g/mol. The molecule has 0 fully saturated rings. The van der Waals surface area contributed by atoms with Crippen LogP contribution in [-0.2, 0) is 6.54 Å². The average molecular weight is 259 g/mol. The zero-order chi connectivity index (χ0) is 13.7. The highest BCUT2D eigenvalue weighted by molar-refractivity contribution is 6.04. The zero-order valence-electron chi connectivity index (χ0n) is 10.5. The van der Waals surface area contributed by atoms with Crippen molar-refractivity contribution >= 4 is 11.6 Å². The number of anilines is 1. The van der Waals surface area contributed by atoms with Gasteiger partial charge in [-0.3, -0.25) is 9.78 Å². The Labute approximate surface area is 110 Å². The van der Waals surface area contributed by atoms with Gasteiger partial charge in [-0.25, -0.2) is 4.39 Å². The maximum absolute atomic E-state index is 13.5. The Kier molecular flexibility index (Phi) is 4.20. The molecule has 1 heterocycles. The van der Waals surface area contributed by atoms with Crippen molar-refractivity contribution in [2.24, 2.45) is 0 Å². The van der Waals surface area contributed by atoms with E-state index in [4.69, 9.17) is 0 Å². The van der Waals surface area contributed by atoms with E-state index in [1.165, 1.54) is 12.3 Å². The lowest BCUT2D eigenvalue weighted by atomic mass is 10.1. The van der Waals surface area contributed by atoms with Gasteiger partial charge in [-0.2, -0.15) is 0 Å². The van der Waals surface area contributed by atoms with E-state index in [1.807, 2.05) is 25.2 Å². The lowest BCUT2D eigenvalue weighted by Crippen LogP contribution is -2.16. The molecule has 1 amide bonds. The van der Waals surface area contributed by atoms with E-state index in [-0.39, 0.29) is 5.56 Å². The van der Waals surface area contributed by atoms with Gasteiger partial charge in [0.05, 0.1) is 11.8 Å². The molecule has 0 aliphatic rings. The van der Waals surface area contributed by atoms with Crippen LogP contribution in [0, 0.1) is 5.82 Å². The first-order valence-corrected chi connectivity index (χ1v) is 5.85. The van der Waals surface area contributed by atoms with Crippen LogP contribution >= 0.6 is 0 Å². The summed E-state index contributed by atoms with van der Waals surface area (Å²) in [4.78, 5) is 15.6. The number of halogens is 1. The smallest absolute Gasteiger partial charge is 0.258 e. The van der Waals surface area contributed by atoms with Crippen molar-refractivity contribution in [2.45, 2.75) is 6.54 Å². The molecule has 5 heteroatoms. The summed E-state index contributed by atoms with van der Waals surface area (Å²) in [5, 5.41) is 5.72. The highest BCUT2D eigenvalue weighted by atomic mass is 19.1. The summed E-state index contributed by atoms with van der Waals surface area (Å²) >= 11 is 0. The summed E-state index contributed by atoms with van der Waals surface area (Å²) in [6.45, 7) is 0.620. The summed E-state index contributed by atoms with van der Waals surface area (Å²) in [5.41, 5.74) is 1.58. The first-order valence-electron chi connectivity index (χ1n) is 5.85. The first kappa shape index (κ1) is 13.2. The van der Waals surface area contributed by atoms with Gasteiger partial charge in [0.1, 0.15) is 0 Å². The Hall–Kier alpha value is -2.27. The van der Waals surface area contributed by atoms with Gasteiger partial charge in [-0.1, -0.05) is 18.2 Å². The molecule has 0 bridgehead atoms. The monoisotopic (exact) mass is 259 g/mol. The number of para-hydroxylation sites is 1. The maximum atomic E-state index is 13.5. The molecule has 0 unspecified atom stereocenters. The minimum absolute atomic E-state index is 0.0192. The van der Waals surface area contributed by atoms with Crippen molar-refractivity contribution in [3.63, 3.8) is 0 Å². The lowest BCUT2D eigenvalue weighted by molar-refractivity contribution is 0.102. The van der Waals surface area contributed by atoms with Crippen molar-refractivity contribution in [2.75, 3.05) is 12.4 Å². The van der Waals surface area contributed by atoms with E-state index in [0.29, 0.717) is 12.2 Å². The van der Waals surface area contributed by atoms with Crippen molar-refractivity contribution < 1.29 is 9.18 Å². The van der Waals surface area contributed by atoms with Crippen LogP contribution in [0.1, 0.15) is 15.9 Å². The van der Waals surface area contributed by atoms with Crippen molar-refractivity contribution in [1.82, 2.24) is 10.3 Å². The van der Waals surface area contributed by atoms with Gasteiger partial charge in [0.25, 0.3) is 5.91 Å². The minimum Gasteiger partial charge on any atom is -0.322 e. The van der Waals surface area contributed by atoms with Gasteiger partial charge >= 0.3 is 0 Å². The highest BCUT2D eigenvalue weighted by Crippen LogP contribution is 2.16. The minimum atomic E-state index is -0.633. The molecule has 1 aromatic heterocycles. The number of carbonyl (C=O) groups is 1. The SMILES string of the molecule is CNCc1ccccc1NC(=O)c1ccncc1F. The summed E-state index contributed by atoms with van der Waals surface area (Å²) in [6.07, 6.45) is 2.41. The molecule has 2 aromatic rings. The van der Waals surface area contributed by atoms with Crippen LogP contribution in [0.4, 0.5) is 10.1 Å². The second-order valence-corrected chi connectivity index (χ2v) is 4.00. The standard InChI is InChI=1S/C14H14FN3O/c1-16-8-10-4-2-3-5-13(10)18-14(19)11-6-7-17-9-12(11)15/h2-7,9,16H,8H2,1H3,(H,18,19). The second-order valence-electron chi connectivity index (χ2n) is 4.00. The first-order chi connectivity index (χ1) is 9.22. The van der Waals surface area contributed by atoms with Crippen molar-refractivity contribution in [3.8, 4) is 0 Å². The molecule has 98 valence electrons. The number of rotatable bonds is 4. The van der Waals surface area contributed by atoms with Crippen LogP contribution in [0.5, 0.6) is 0 Å². The van der Waals surface area contributed by atoms with Gasteiger partial charge in [0.15, 0.2) is 5.82 Å². The maximum Gasteiger partial charge on any atom is 0.258 e. The fourth-order valence-corrected chi connectivity index (χ4v) is 1.74. The molecule has 2 N–H and O–H groups in total. The quantitative estimate of drug-likeness (QED) is 0.885. The van der Waals surface area contributed by atoms with E-state index in [9.17, 15) is 9.18 Å². The van der Waals surface area contributed by atoms with Gasteiger partial charge in [0.2, 0.25) is 0 Å². The van der Waals surface area contributed by atoms with E-state index >= 15 is 0 Å². The average Bonchev–Trinajstić information content (AvgIpc) is 2.41. The Morgan fingerprint density at radius 2 is 2.11 bits per heavy atom. The molecule has 0 atom stereocenters. The van der Waals surface area contributed by atoms with Crippen LogP contribution in [0.3, 0.4) is 0 Å². The van der Waals surface area contributed by atoms with Crippen LogP contribution < -0.4 is 10.6 Å². The summed E-state index contributed by atoms with van der Waals surface area (Å²) in [7, 11) is 1.82. The van der Waals surface area contributed by atoms with Crippen molar-refractivity contribution in [1.29, 1.82) is 0 Å². The molecule has 0 aliphatic heterocycles. The number of amides is 1. The topological polar surface area (TPSA) is 54.0 Å². The predicted molar refractivity (Wildman–Crippen MR) is 71.4 cm³/mol. The number of nitrogens with zero attached hydrogens (tertiary/aromatic N) is 1. The number of hydrogen-bond donors (Lipinski definition) is 2. The summed E-state index contributed by atoms with van der Waals surface area (Å²) in [6, 6.07) is 8.73. The molecule has 0 aliphatic carbocycles. The van der Waals surface area contributed by atoms with Gasteiger partial charge in [0, 0.05) is 18.4 Å². The lowest BCUT2D eigenvalue weighted by Gasteiger charge is -2.10. The third-order valence-corrected chi connectivity index (χ3v) is 2.65. The molecule has 0 radical (unpaired) electrons. The van der Waals surface area contributed by atoms with E-state index in [0.717, 1.165) is 11.8 Å². The highest BCUT2D eigenvalue weighted by Gasteiger charge is 2.12. The van der Waals surface area contributed by atoms with Gasteiger partial charge < -0.3 is 10.6 Å². The molecule has 4 nitrogen and oxygen atoms in total. The third kappa shape index (κ3) is 3.14. The molecule has 19 heavy (non-hydrogen) atoms. The van der Waals surface area contributed by atoms with Crippen LogP contribution in [0.25, 0.3) is 0 Å². The number of hydrogen-bond acceptors (Lipinski definition) is 3. The molecule has 1 aromatic carbocycles. The van der Waals surface area contributed by atoms with E-state index < -0.39 is 11.7 Å². The largest absolute Gasteiger partial charge is 0.322 e. The molecule has 2 rings (SSSR count). The summed E-state index contributed by atoms with van der Waals surface area (Å²) in [5.74, 6) is -1.12. The van der Waals surface area contributed by atoms with E-state index in [2.05, 4.69) is 15.6 Å². The van der Waals surface area contributed by atoms with Crippen LogP contribution in [-0.4, -0.2) is 17.9 Å². The van der Waals surface area contributed by atoms with Gasteiger partial charge in [-0.05, 0) is 24.7 Å². The normalized spacial score (nSPS) is 10.2. The fraction of sp³-hybridized carbons (Fsp3) is 0.143. The van der Waals surface area contributed by atoms with Crippen LogP contribution in [0.2, 0.25) is 0 Å².